The molecule has 0 atom stereocenters. The molecule has 0 aliphatic carbocycles. The molecule has 0 aliphatic rings. The van der Waals surface area contributed by atoms with Crippen LogP contribution < -0.4 is 4.74 Å². The number of phenols is 1. The van der Waals surface area contributed by atoms with Gasteiger partial charge in [0, 0.05) is 19.4 Å². The SMILES string of the molecule is COc1ccc(O)c(-c2nccn2C)c1. The summed E-state index contributed by atoms with van der Waals surface area (Å²) in [5.41, 5.74) is 0.668. The minimum atomic E-state index is 0.199. The van der Waals surface area contributed by atoms with E-state index >= 15 is 0 Å². The summed E-state index contributed by atoms with van der Waals surface area (Å²) in [6.45, 7) is 0. The summed E-state index contributed by atoms with van der Waals surface area (Å²) in [5.74, 6) is 1.61. The van der Waals surface area contributed by atoms with Crippen molar-refractivity contribution in [3.63, 3.8) is 0 Å². The molecule has 0 radical (unpaired) electrons. The molecule has 1 aromatic heterocycles. The van der Waals surface area contributed by atoms with E-state index in [4.69, 9.17) is 4.74 Å². The van der Waals surface area contributed by atoms with E-state index in [-0.39, 0.29) is 5.75 Å². The highest BCUT2D eigenvalue weighted by Crippen LogP contribution is 2.30. The molecule has 4 nitrogen and oxygen atoms in total. The average Bonchev–Trinajstić information content (AvgIpc) is 2.65. The maximum absolute atomic E-state index is 9.72. The highest BCUT2D eigenvalue weighted by Gasteiger charge is 2.09. The van der Waals surface area contributed by atoms with E-state index in [2.05, 4.69) is 4.98 Å². The molecular formula is C11H12N2O2. The number of phenolic OH excluding ortho intramolecular Hbond substituents is 1. The van der Waals surface area contributed by atoms with Crippen molar-refractivity contribution in [1.82, 2.24) is 9.55 Å². The lowest BCUT2D eigenvalue weighted by atomic mass is 10.2. The lowest BCUT2D eigenvalue weighted by Gasteiger charge is -2.06. The minimum absolute atomic E-state index is 0.199. The monoisotopic (exact) mass is 204 g/mol. The van der Waals surface area contributed by atoms with Gasteiger partial charge < -0.3 is 14.4 Å². The van der Waals surface area contributed by atoms with Crippen molar-refractivity contribution in [1.29, 1.82) is 0 Å². The highest BCUT2D eigenvalue weighted by molar-refractivity contribution is 5.66. The van der Waals surface area contributed by atoms with Crippen LogP contribution in [0.1, 0.15) is 0 Å². The van der Waals surface area contributed by atoms with Crippen LogP contribution in [0.4, 0.5) is 0 Å². The summed E-state index contributed by atoms with van der Waals surface area (Å²) < 4.78 is 6.94. The van der Waals surface area contributed by atoms with Gasteiger partial charge in [0.25, 0.3) is 0 Å². The van der Waals surface area contributed by atoms with E-state index < -0.39 is 0 Å². The van der Waals surface area contributed by atoms with Crippen LogP contribution in [-0.4, -0.2) is 21.8 Å². The van der Waals surface area contributed by atoms with Gasteiger partial charge in [-0.2, -0.15) is 0 Å². The fourth-order valence-corrected chi connectivity index (χ4v) is 1.45. The second kappa shape index (κ2) is 3.65. The Morgan fingerprint density at radius 3 is 2.80 bits per heavy atom. The molecule has 78 valence electrons. The van der Waals surface area contributed by atoms with Gasteiger partial charge in [-0.05, 0) is 18.2 Å². The first-order valence-corrected chi connectivity index (χ1v) is 4.57. The van der Waals surface area contributed by atoms with Gasteiger partial charge in [-0.25, -0.2) is 4.98 Å². The zero-order valence-electron chi connectivity index (χ0n) is 8.64. The third-order valence-corrected chi connectivity index (χ3v) is 2.27. The van der Waals surface area contributed by atoms with Crippen molar-refractivity contribution in [2.45, 2.75) is 0 Å². The summed E-state index contributed by atoms with van der Waals surface area (Å²) in [5, 5.41) is 9.72. The van der Waals surface area contributed by atoms with Crippen molar-refractivity contribution in [2.24, 2.45) is 7.05 Å². The van der Waals surface area contributed by atoms with Crippen molar-refractivity contribution in [3.05, 3.63) is 30.6 Å². The molecule has 0 bridgehead atoms. The average molecular weight is 204 g/mol. The number of methoxy groups -OCH3 is 1. The van der Waals surface area contributed by atoms with E-state index in [1.807, 2.05) is 17.8 Å². The van der Waals surface area contributed by atoms with Crippen LogP contribution in [0, 0.1) is 0 Å². The fraction of sp³-hybridized carbons (Fsp3) is 0.182. The molecular weight excluding hydrogens is 192 g/mol. The summed E-state index contributed by atoms with van der Waals surface area (Å²) in [4.78, 5) is 4.17. The Hall–Kier alpha value is -1.97. The fourth-order valence-electron chi connectivity index (χ4n) is 1.45. The van der Waals surface area contributed by atoms with E-state index in [1.165, 1.54) is 0 Å². The summed E-state index contributed by atoms with van der Waals surface area (Å²) in [7, 11) is 3.47. The topological polar surface area (TPSA) is 47.3 Å². The standard InChI is InChI=1S/C11H12N2O2/c1-13-6-5-12-11(13)9-7-8(15-2)3-4-10(9)14/h3-7,14H,1-2H3. The largest absolute Gasteiger partial charge is 0.507 e. The number of nitrogens with zero attached hydrogens (tertiary/aromatic N) is 2. The van der Waals surface area contributed by atoms with E-state index in [1.54, 1.807) is 31.5 Å². The second-order valence-corrected chi connectivity index (χ2v) is 3.24. The molecule has 15 heavy (non-hydrogen) atoms. The van der Waals surface area contributed by atoms with Gasteiger partial charge in [-0.3, -0.25) is 0 Å². The van der Waals surface area contributed by atoms with Gasteiger partial charge in [0.1, 0.15) is 17.3 Å². The maximum atomic E-state index is 9.72. The van der Waals surface area contributed by atoms with Crippen LogP contribution in [0.15, 0.2) is 30.6 Å². The third-order valence-electron chi connectivity index (χ3n) is 2.27. The van der Waals surface area contributed by atoms with Gasteiger partial charge in [0.15, 0.2) is 0 Å². The number of rotatable bonds is 2. The van der Waals surface area contributed by atoms with Gasteiger partial charge in [0.05, 0.1) is 12.7 Å². The van der Waals surface area contributed by atoms with E-state index in [0.29, 0.717) is 17.1 Å². The first kappa shape index (κ1) is 9.58. The van der Waals surface area contributed by atoms with Crippen molar-refractivity contribution in [3.8, 4) is 22.9 Å². The van der Waals surface area contributed by atoms with Gasteiger partial charge >= 0.3 is 0 Å². The van der Waals surface area contributed by atoms with E-state index in [9.17, 15) is 5.11 Å². The van der Waals surface area contributed by atoms with E-state index in [0.717, 1.165) is 0 Å². The molecule has 0 aliphatic heterocycles. The molecule has 1 N–H and O–H groups in total. The highest BCUT2D eigenvalue weighted by atomic mass is 16.5. The summed E-state index contributed by atoms with van der Waals surface area (Å²) in [6, 6.07) is 5.07. The Kier molecular flexibility index (Phi) is 2.33. The Morgan fingerprint density at radius 1 is 1.40 bits per heavy atom. The van der Waals surface area contributed by atoms with Crippen LogP contribution in [0.2, 0.25) is 0 Å². The number of benzene rings is 1. The molecule has 1 aromatic carbocycles. The van der Waals surface area contributed by atoms with Gasteiger partial charge in [0.2, 0.25) is 0 Å². The van der Waals surface area contributed by atoms with Crippen molar-refractivity contribution < 1.29 is 9.84 Å². The molecule has 2 rings (SSSR count). The number of hydrogen-bond donors (Lipinski definition) is 1. The molecule has 0 saturated heterocycles. The summed E-state index contributed by atoms with van der Waals surface area (Å²) in [6.07, 6.45) is 3.52. The quantitative estimate of drug-likeness (QED) is 0.811. The molecule has 1 heterocycles. The number of imidazole rings is 1. The first-order valence-electron chi connectivity index (χ1n) is 4.57. The molecule has 2 aromatic rings. The Bertz CT molecular complexity index is 477. The van der Waals surface area contributed by atoms with Crippen molar-refractivity contribution in [2.75, 3.05) is 7.11 Å². The normalized spacial score (nSPS) is 10.3. The Morgan fingerprint density at radius 2 is 2.20 bits per heavy atom. The van der Waals surface area contributed by atoms with Gasteiger partial charge in [-0.1, -0.05) is 0 Å². The molecule has 4 heteroatoms. The number of aryl methyl sites for hydroxylation is 1. The number of aromatic nitrogens is 2. The van der Waals surface area contributed by atoms with Crippen molar-refractivity contribution >= 4 is 0 Å². The second-order valence-electron chi connectivity index (χ2n) is 3.24. The summed E-state index contributed by atoms with van der Waals surface area (Å²) >= 11 is 0. The zero-order valence-corrected chi connectivity index (χ0v) is 8.64. The lowest BCUT2D eigenvalue weighted by Crippen LogP contribution is -1.92. The van der Waals surface area contributed by atoms with Crippen LogP contribution >= 0.6 is 0 Å². The van der Waals surface area contributed by atoms with Crippen LogP contribution in [0.5, 0.6) is 11.5 Å². The first-order chi connectivity index (χ1) is 7.22. The molecule has 0 amide bonds. The van der Waals surface area contributed by atoms with Crippen LogP contribution in [0.3, 0.4) is 0 Å². The maximum Gasteiger partial charge on any atom is 0.143 e. The predicted octanol–water partition coefficient (Wildman–Crippen LogP) is 1.80. The third kappa shape index (κ3) is 1.66. The molecule has 0 fully saturated rings. The molecule has 0 spiro atoms. The predicted molar refractivity (Wildman–Crippen MR) is 56.9 cm³/mol. The number of hydrogen-bond acceptors (Lipinski definition) is 3. The lowest BCUT2D eigenvalue weighted by molar-refractivity contribution is 0.412. The van der Waals surface area contributed by atoms with Crippen LogP contribution in [-0.2, 0) is 7.05 Å². The Labute approximate surface area is 87.8 Å². The van der Waals surface area contributed by atoms with Gasteiger partial charge in [-0.15, -0.1) is 0 Å². The number of aromatic hydroxyl groups is 1. The minimum Gasteiger partial charge on any atom is -0.507 e. The molecule has 0 saturated carbocycles. The smallest absolute Gasteiger partial charge is 0.143 e. The number of ether oxygens (including phenoxy) is 1. The Balaban J connectivity index is 2.56. The van der Waals surface area contributed by atoms with Crippen LogP contribution in [0.25, 0.3) is 11.4 Å². The zero-order chi connectivity index (χ0) is 10.8. The molecule has 0 unspecified atom stereocenters.